The molecule has 4 nitrogen and oxygen atoms in total. The maximum atomic E-state index is 11.0. The summed E-state index contributed by atoms with van der Waals surface area (Å²) in [5.74, 6) is -0.201. The van der Waals surface area contributed by atoms with Gasteiger partial charge in [-0.1, -0.05) is 32.9 Å². The first-order valence-electron chi connectivity index (χ1n) is 7.05. The van der Waals surface area contributed by atoms with E-state index in [2.05, 4.69) is 48.3 Å². The Labute approximate surface area is 132 Å². The minimum Gasteiger partial charge on any atom is -0.469 e. The van der Waals surface area contributed by atoms with Crippen molar-refractivity contribution in [2.75, 3.05) is 19.0 Å². The van der Waals surface area contributed by atoms with Crippen molar-refractivity contribution >= 4 is 29.0 Å². The van der Waals surface area contributed by atoms with Crippen LogP contribution in [0.4, 0.5) is 5.69 Å². The van der Waals surface area contributed by atoms with Crippen LogP contribution in [0.15, 0.2) is 24.3 Å². The lowest BCUT2D eigenvalue weighted by Crippen LogP contribution is -2.29. The normalized spacial score (nSPS) is 10.9. The number of nitrogens with one attached hydrogen (secondary N) is 2. The Balaban J connectivity index is 2.36. The third-order valence-electron chi connectivity index (χ3n) is 3.08. The summed E-state index contributed by atoms with van der Waals surface area (Å²) in [7, 11) is 1.39. The summed E-state index contributed by atoms with van der Waals surface area (Å²) in [6, 6.07) is 8.23. The van der Waals surface area contributed by atoms with E-state index in [1.165, 1.54) is 12.7 Å². The number of carbonyl (C=O) groups excluding carboxylic acids is 1. The van der Waals surface area contributed by atoms with Crippen LogP contribution < -0.4 is 10.6 Å². The van der Waals surface area contributed by atoms with Crippen LogP contribution in [0.5, 0.6) is 0 Å². The zero-order valence-electron chi connectivity index (χ0n) is 13.2. The van der Waals surface area contributed by atoms with Gasteiger partial charge in [0.25, 0.3) is 0 Å². The van der Waals surface area contributed by atoms with Gasteiger partial charge in [0, 0.05) is 18.7 Å². The second-order valence-corrected chi connectivity index (χ2v) is 6.30. The van der Waals surface area contributed by atoms with E-state index in [0.29, 0.717) is 24.5 Å². The van der Waals surface area contributed by atoms with Crippen LogP contribution in [0.1, 0.15) is 39.2 Å². The van der Waals surface area contributed by atoms with Gasteiger partial charge in [-0.2, -0.15) is 0 Å². The van der Waals surface area contributed by atoms with Crippen molar-refractivity contribution in [3.05, 3.63) is 29.8 Å². The number of esters is 1. The molecule has 0 fully saturated rings. The van der Waals surface area contributed by atoms with Gasteiger partial charge in [-0.3, -0.25) is 4.79 Å². The van der Waals surface area contributed by atoms with E-state index in [-0.39, 0.29) is 11.4 Å². The van der Waals surface area contributed by atoms with Gasteiger partial charge in [0.2, 0.25) is 0 Å². The van der Waals surface area contributed by atoms with E-state index in [1.807, 2.05) is 12.1 Å². The molecule has 0 atom stereocenters. The van der Waals surface area contributed by atoms with Crippen LogP contribution in [-0.2, 0) is 14.9 Å². The summed E-state index contributed by atoms with van der Waals surface area (Å²) in [6.45, 7) is 7.19. The molecule has 0 saturated carbocycles. The second-order valence-electron chi connectivity index (χ2n) is 5.89. The molecule has 1 aromatic rings. The molecule has 0 aliphatic carbocycles. The van der Waals surface area contributed by atoms with Gasteiger partial charge in [0.15, 0.2) is 5.11 Å². The van der Waals surface area contributed by atoms with Crippen LogP contribution in [0.2, 0.25) is 0 Å². The average molecular weight is 308 g/mol. The van der Waals surface area contributed by atoms with Crippen molar-refractivity contribution < 1.29 is 9.53 Å². The van der Waals surface area contributed by atoms with E-state index < -0.39 is 0 Å². The summed E-state index contributed by atoms with van der Waals surface area (Å²) < 4.78 is 4.58. The van der Waals surface area contributed by atoms with Gasteiger partial charge in [-0.25, -0.2) is 0 Å². The fourth-order valence-corrected chi connectivity index (χ4v) is 1.99. The number of ether oxygens (including phenoxy) is 1. The minimum atomic E-state index is -0.201. The first-order valence-corrected chi connectivity index (χ1v) is 7.46. The number of hydrogen-bond donors (Lipinski definition) is 2. The lowest BCUT2D eigenvalue weighted by atomic mass is 9.87. The molecule has 0 amide bonds. The van der Waals surface area contributed by atoms with Crippen LogP contribution in [-0.4, -0.2) is 24.7 Å². The molecule has 1 rings (SSSR count). The van der Waals surface area contributed by atoms with Crippen molar-refractivity contribution in [3.8, 4) is 0 Å². The molecular formula is C16H24N2O2S. The largest absolute Gasteiger partial charge is 0.469 e. The molecule has 2 N–H and O–H groups in total. The third-order valence-corrected chi connectivity index (χ3v) is 3.33. The number of anilines is 1. The quantitative estimate of drug-likeness (QED) is 0.497. The Morgan fingerprint density at radius 2 is 1.86 bits per heavy atom. The predicted octanol–water partition coefficient (Wildman–Crippen LogP) is 3.22. The van der Waals surface area contributed by atoms with E-state index in [0.717, 1.165) is 5.69 Å². The molecule has 0 spiro atoms. The van der Waals surface area contributed by atoms with Crippen molar-refractivity contribution in [2.45, 2.75) is 39.0 Å². The highest BCUT2D eigenvalue weighted by Gasteiger charge is 2.12. The Hall–Kier alpha value is -1.62. The Morgan fingerprint density at radius 3 is 2.38 bits per heavy atom. The van der Waals surface area contributed by atoms with Gasteiger partial charge >= 0.3 is 5.97 Å². The minimum absolute atomic E-state index is 0.144. The summed E-state index contributed by atoms with van der Waals surface area (Å²) in [4.78, 5) is 11.0. The molecule has 1 aromatic carbocycles. The summed E-state index contributed by atoms with van der Waals surface area (Å²) >= 11 is 5.21. The molecule has 116 valence electrons. The molecule has 0 unspecified atom stereocenters. The van der Waals surface area contributed by atoms with Gasteiger partial charge in [0.1, 0.15) is 0 Å². The molecule has 0 aromatic heterocycles. The van der Waals surface area contributed by atoms with Crippen molar-refractivity contribution in [1.82, 2.24) is 5.32 Å². The number of carbonyl (C=O) groups is 1. The first-order chi connectivity index (χ1) is 9.82. The lowest BCUT2D eigenvalue weighted by Gasteiger charge is -2.19. The van der Waals surface area contributed by atoms with Crippen molar-refractivity contribution in [3.63, 3.8) is 0 Å². The van der Waals surface area contributed by atoms with Crippen molar-refractivity contribution in [1.29, 1.82) is 0 Å². The lowest BCUT2D eigenvalue weighted by molar-refractivity contribution is -0.140. The zero-order valence-corrected chi connectivity index (χ0v) is 14.0. The summed E-state index contributed by atoms with van der Waals surface area (Å²) in [5.41, 5.74) is 2.38. The fourth-order valence-electron chi connectivity index (χ4n) is 1.77. The van der Waals surface area contributed by atoms with Crippen LogP contribution >= 0.6 is 12.2 Å². The number of rotatable bonds is 5. The van der Waals surface area contributed by atoms with Gasteiger partial charge in [0.05, 0.1) is 7.11 Å². The van der Waals surface area contributed by atoms with E-state index in [1.54, 1.807) is 0 Å². The summed E-state index contributed by atoms with van der Waals surface area (Å²) in [5, 5.41) is 6.75. The standard InChI is InChI=1S/C16H24N2O2S/c1-16(2,3)12-7-9-13(10-8-12)18-15(21)17-11-5-6-14(19)20-4/h7-10H,5-6,11H2,1-4H3,(H2,17,18,21). The number of hydrogen-bond acceptors (Lipinski definition) is 3. The van der Waals surface area contributed by atoms with Crippen LogP contribution in [0.3, 0.4) is 0 Å². The monoisotopic (exact) mass is 308 g/mol. The van der Waals surface area contributed by atoms with Crippen molar-refractivity contribution in [2.24, 2.45) is 0 Å². The average Bonchev–Trinajstić information content (AvgIpc) is 2.43. The number of thiocarbonyl (C=S) groups is 1. The van der Waals surface area contributed by atoms with Crippen LogP contribution in [0, 0.1) is 0 Å². The molecule has 0 aliphatic heterocycles. The Kier molecular flexibility index (Phi) is 6.62. The molecule has 0 radical (unpaired) electrons. The second kappa shape index (κ2) is 7.98. The molecule has 0 heterocycles. The Morgan fingerprint density at radius 1 is 1.24 bits per heavy atom. The first kappa shape index (κ1) is 17.4. The molecule has 5 heteroatoms. The van der Waals surface area contributed by atoms with Gasteiger partial charge in [-0.15, -0.1) is 0 Å². The topological polar surface area (TPSA) is 50.4 Å². The highest BCUT2D eigenvalue weighted by atomic mass is 32.1. The highest BCUT2D eigenvalue weighted by molar-refractivity contribution is 7.80. The maximum absolute atomic E-state index is 11.0. The third kappa shape index (κ3) is 6.58. The molecule has 0 bridgehead atoms. The van der Waals surface area contributed by atoms with Crippen LogP contribution in [0.25, 0.3) is 0 Å². The zero-order chi connectivity index (χ0) is 15.9. The van der Waals surface area contributed by atoms with E-state index >= 15 is 0 Å². The molecule has 0 saturated heterocycles. The SMILES string of the molecule is COC(=O)CCCNC(=S)Nc1ccc(C(C)(C)C)cc1. The fraction of sp³-hybridized carbons (Fsp3) is 0.500. The number of benzene rings is 1. The summed E-state index contributed by atoms with van der Waals surface area (Å²) in [6.07, 6.45) is 1.09. The number of methoxy groups -OCH3 is 1. The van der Waals surface area contributed by atoms with Gasteiger partial charge < -0.3 is 15.4 Å². The molecule has 0 aliphatic rings. The highest BCUT2D eigenvalue weighted by Crippen LogP contribution is 2.23. The maximum Gasteiger partial charge on any atom is 0.305 e. The molecular weight excluding hydrogens is 284 g/mol. The van der Waals surface area contributed by atoms with E-state index in [9.17, 15) is 4.79 Å². The Bertz CT molecular complexity index is 478. The van der Waals surface area contributed by atoms with Gasteiger partial charge in [-0.05, 0) is 41.7 Å². The predicted molar refractivity (Wildman–Crippen MR) is 90.6 cm³/mol. The smallest absolute Gasteiger partial charge is 0.305 e. The van der Waals surface area contributed by atoms with E-state index in [4.69, 9.17) is 12.2 Å². The molecule has 21 heavy (non-hydrogen) atoms.